The molecule has 0 saturated carbocycles. The van der Waals surface area contributed by atoms with Crippen molar-refractivity contribution in [3.05, 3.63) is 63.1 Å². The molecule has 24 heavy (non-hydrogen) atoms. The molecule has 0 bridgehead atoms. The maximum absolute atomic E-state index is 12.8. The van der Waals surface area contributed by atoms with Crippen LogP contribution in [0.4, 0.5) is 10.5 Å². The molecule has 1 unspecified atom stereocenters. The van der Waals surface area contributed by atoms with Crippen LogP contribution in [0.5, 0.6) is 0 Å². The van der Waals surface area contributed by atoms with Gasteiger partial charge in [-0.3, -0.25) is 0 Å². The fraction of sp³-hybridized carbons (Fsp3) is 0.278. The van der Waals surface area contributed by atoms with E-state index in [2.05, 4.69) is 5.32 Å². The minimum Gasteiger partial charge on any atom is -0.308 e. The first-order valence-corrected chi connectivity index (χ1v) is 9.49. The third kappa shape index (κ3) is 3.37. The monoisotopic (exact) mass is 380 g/mol. The van der Waals surface area contributed by atoms with Crippen LogP contribution in [0.2, 0.25) is 10.0 Å². The number of amides is 2. The molecule has 126 valence electrons. The van der Waals surface area contributed by atoms with Gasteiger partial charge in [0.25, 0.3) is 0 Å². The first-order valence-electron chi connectivity index (χ1n) is 7.68. The number of rotatable bonds is 2. The average Bonchev–Trinajstić information content (AvgIpc) is 3.04. The number of thioether (sulfide) groups is 1. The summed E-state index contributed by atoms with van der Waals surface area (Å²) >= 11 is 14.2. The molecule has 3 nitrogen and oxygen atoms in total. The van der Waals surface area contributed by atoms with Crippen LogP contribution in [0.25, 0.3) is 0 Å². The fourth-order valence-corrected chi connectivity index (χ4v) is 4.48. The van der Waals surface area contributed by atoms with Crippen LogP contribution in [0.1, 0.15) is 22.1 Å². The lowest BCUT2D eigenvalue weighted by Crippen LogP contribution is -2.34. The quantitative estimate of drug-likeness (QED) is 0.704. The van der Waals surface area contributed by atoms with E-state index in [0.29, 0.717) is 16.6 Å². The van der Waals surface area contributed by atoms with E-state index in [1.807, 2.05) is 49.1 Å². The molecule has 1 atom stereocenters. The number of hydrogen-bond acceptors (Lipinski definition) is 2. The summed E-state index contributed by atoms with van der Waals surface area (Å²) in [6, 6.07) is 11.3. The van der Waals surface area contributed by atoms with E-state index in [-0.39, 0.29) is 11.4 Å². The summed E-state index contributed by atoms with van der Waals surface area (Å²) in [5.74, 6) is 0.869. The number of benzene rings is 2. The Labute approximate surface area is 156 Å². The van der Waals surface area contributed by atoms with E-state index in [9.17, 15) is 4.79 Å². The smallest absolute Gasteiger partial charge is 0.308 e. The number of carbonyl (C=O) groups is 1. The van der Waals surface area contributed by atoms with Gasteiger partial charge in [-0.25, -0.2) is 4.79 Å². The van der Waals surface area contributed by atoms with Gasteiger partial charge in [-0.2, -0.15) is 0 Å². The van der Waals surface area contributed by atoms with E-state index in [1.165, 1.54) is 0 Å². The van der Waals surface area contributed by atoms with Gasteiger partial charge >= 0.3 is 6.03 Å². The van der Waals surface area contributed by atoms with E-state index < -0.39 is 0 Å². The summed E-state index contributed by atoms with van der Waals surface area (Å²) in [4.78, 5) is 14.6. The third-order valence-electron chi connectivity index (χ3n) is 4.25. The van der Waals surface area contributed by atoms with Crippen LogP contribution in [-0.4, -0.2) is 23.2 Å². The lowest BCUT2D eigenvalue weighted by molar-refractivity contribution is 0.214. The first kappa shape index (κ1) is 17.5. The maximum Gasteiger partial charge on any atom is 0.323 e. The number of aryl methyl sites for hydroxylation is 1. The number of nitrogens with zero attached hydrogens (tertiary/aromatic N) is 1. The highest BCUT2D eigenvalue weighted by atomic mass is 35.5. The minimum atomic E-state index is -0.124. The van der Waals surface area contributed by atoms with Crippen LogP contribution in [0, 0.1) is 13.8 Å². The molecule has 1 aliphatic rings. The normalized spacial score (nSPS) is 17.2. The summed E-state index contributed by atoms with van der Waals surface area (Å²) in [7, 11) is 0. The Morgan fingerprint density at radius 2 is 1.96 bits per heavy atom. The van der Waals surface area contributed by atoms with Crippen LogP contribution >= 0.6 is 35.0 Å². The number of urea groups is 1. The van der Waals surface area contributed by atoms with Gasteiger partial charge in [0.15, 0.2) is 0 Å². The lowest BCUT2D eigenvalue weighted by atomic mass is 10.1. The molecular weight excluding hydrogens is 363 g/mol. The Balaban J connectivity index is 1.84. The molecule has 1 aliphatic heterocycles. The summed E-state index contributed by atoms with van der Waals surface area (Å²) in [5.41, 5.74) is 3.95. The maximum atomic E-state index is 12.8. The van der Waals surface area contributed by atoms with Crippen molar-refractivity contribution in [3.8, 4) is 0 Å². The predicted octanol–water partition coefficient (Wildman–Crippen LogP) is 5.89. The van der Waals surface area contributed by atoms with Gasteiger partial charge in [0.2, 0.25) is 0 Å². The Bertz CT molecular complexity index is 782. The fourth-order valence-electron chi connectivity index (χ4n) is 2.72. The zero-order chi connectivity index (χ0) is 17.3. The topological polar surface area (TPSA) is 32.3 Å². The summed E-state index contributed by atoms with van der Waals surface area (Å²) in [5, 5.41) is 3.93. The van der Waals surface area contributed by atoms with Crippen molar-refractivity contribution >= 4 is 46.7 Å². The van der Waals surface area contributed by atoms with Gasteiger partial charge in [-0.05, 0) is 37.1 Å². The molecule has 0 aliphatic carbocycles. The second-order valence-electron chi connectivity index (χ2n) is 5.74. The van der Waals surface area contributed by atoms with Gasteiger partial charge in [0, 0.05) is 23.5 Å². The Hall–Kier alpha value is -1.36. The molecule has 6 heteroatoms. The molecule has 2 amide bonds. The standard InChI is InChI=1S/C18H18Cl2N2OS/c1-11-5-3-8-15(12(11)2)21-18(23)22-9-10-24-17(22)13-6-4-7-14(19)16(13)20/h3-8,17H,9-10H2,1-2H3,(H,21,23). The van der Waals surface area contributed by atoms with Crippen LogP contribution < -0.4 is 5.32 Å². The highest BCUT2D eigenvalue weighted by molar-refractivity contribution is 7.99. The van der Waals surface area contributed by atoms with E-state index in [0.717, 1.165) is 28.1 Å². The molecule has 1 fully saturated rings. The largest absolute Gasteiger partial charge is 0.323 e. The van der Waals surface area contributed by atoms with Crippen molar-refractivity contribution in [2.24, 2.45) is 0 Å². The van der Waals surface area contributed by atoms with Crippen molar-refractivity contribution in [1.82, 2.24) is 4.90 Å². The molecule has 1 heterocycles. The number of nitrogens with one attached hydrogen (secondary N) is 1. The van der Waals surface area contributed by atoms with Gasteiger partial charge in [-0.15, -0.1) is 11.8 Å². The van der Waals surface area contributed by atoms with E-state index in [4.69, 9.17) is 23.2 Å². The highest BCUT2D eigenvalue weighted by Crippen LogP contribution is 2.43. The minimum absolute atomic E-state index is 0.116. The van der Waals surface area contributed by atoms with Crippen LogP contribution in [-0.2, 0) is 0 Å². The molecule has 2 aromatic rings. The second kappa shape index (κ2) is 7.26. The van der Waals surface area contributed by atoms with Crippen molar-refractivity contribution < 1.29 is 4.79 Å². The molecule has 1 saturated heterocycles. The number of hydrogen-bond donors (Lipinski definition) is 1. The van der Waals surface area contributed by atoms with Gasteiger partial charge in [0.1, 0.15) is 5.37 Å². The Morgan fingerprint density at radius 1 is 1.21 bits per heavy atom. The number of halogens is 2. The zero-order valence-corrected chi connectivity index (χ0v) is 15.8. The predicted molar refractivity (Wildman–Crippen MR) is 103 cm³/mol. The molecule has 0 radical (unpaired) electrons. The van der Waals surface area contributed by atoms with Crippen molar-refractivity contribution in [2.45, 2.75) is 19.2 Å². The highest BCUT2D eigenvalue weighted by Gasteiger charge is 2.32. The average molecular weight is 381 g/mol. The Kier molecular flexibility index (Phi) is 5.28. The molecule has 0 aromatic heterocycles. The van der Waals surface area contributed by atoms with Gasteiger partial charge < -0.3 is 10.2 Å². The van der Waals surface area contributed by atoms with Gasteiger partial charge in [-0.1, -0.05) is 47.5 Å². The molecule has 2 aromatic carbocycles. The Morgan fingerprint density at radius 3 is 2.75 bits per heavy atom. The zero-order valence-electron chi connectivity index (χ0n) is 13.5. The molecule has 0 spiro atoms. The van der Waals surface area contributed by atoms with E-state index >= 15 is 0 Å². The van der Waals surface area contributed by atoms with Crippen molar-refractivity contribution in [3.63, 3.8) is 0 Å². The number of carbonyl (C=O) groups excluding carboxylic acids is 1. The SMILES string of the molecule is Cc1cccc(NC(=O)N2CCSC2c2cccc(Cl)c2Cl)c1C. The van der Waals surface area contributed by atoms with Crippen LogP contribution in [0.15, 0.2) is 36.4 Å². The third-order valence-corrected chi connectivity index (χ3v) is 6.32. The second-order valence-corrected chi connectivity index (χ2v) is 7.71. The van der Waals surface area contributed by atoms with Gasteiger partial charge in [0.05, 0.1) is 10.0 Å². The summed E-state index contributed by atoms with van der Waals surface area (Å²) in [6.45, 7) is 4.72. The molecule has 1 N–H and O–H groups in total. The lowest BCUT2D eigenvalue weighted by Gasteiger charge is -2.26. The first-order chi connectivity index (χ1) is 11.5. The number of anilines is 1. The van der Waals surface area contributed by atoms with Crippen LogP contribution in [0.3, 0.4) is 0 Å². The molecule has 3 rings (SSSR count). The summed E-state index contributed by atoms with van der Waals surface area (Å²) in [6.07, 6.45) is 0. The van der Waals surface area contributed by atoms with Crippen molar-refractivity contribution in [1.29, 1.82) is 0 Å². The summed E-state index contributed by atoms with van der Waals surface area (Å²) < 4.78 is 0. The van der Waals surface area contributed by atoms with Crippen molar-refractivity contribution in [2.75, 3.05) is 17.6 Å². The van der Waals surface area contributed by atoms with E-state index in [1.54, 1.807) is 17.8 Å². The molecular formula is C18H18Cl2N2OS.